The molecule has 0 aliphatic heterocycles. The Balaban J connectivity index is 3.61. The second kappa shape index (κ2) is 6.38. The van der Waals surface area contributed by atoms with Gasteiger partial charge >= 0.3 is 0 Å². The molecule has 0 bridgehead atoms. The second-order valence-electron chi connectivity index (χ2n) is 5.14. The standard InChI is InChI=1S/C15H19FO3S/c1-6-7-19-20(17,18)15-13(10(2)3)8-12(16)9-14(15)11(4)5/h1,8-11H,7H2,2-5H3. The van der Waals surface area contributed by atoms with Crippen LogP contribution in [0.4, 0.5) is 4.39 Å². The van der Waals surface area contributed by atoms with Gasteiger partial charge in [-0.1, -0.05) is 33.6 Å². The second-order valence-corrected chi connectivity index (χ2v) is 6.70. The average Bonchev–Trinajstić information content (AvgIpc) is 2.34. The molecule has 1 aromatic carbocycles. The van der Waals surface area contributed by atoms with Crippen molar-refractivity contribution in [1.29, 1.82) is 0 Å². The minimum absolute atomic E-state index is 0.0409. The fourth-order valence-corrected chi connectivity index (χ4v) is 3.46. The molecule has 0 aromatic heterocycles. The maximum Gasteiger partial charge on any atom is 0.298 e. The average molecular weight is 298 g/mol. The van der Waals surface area contributed by atoms with Gasteiger partial charge in [-0.25, -0.2) is 4.39 Å². The van der Waals surface area contributed by atoms with Crippen LogP contribution in [-0.2, 0) is 14.3 Å². The molecule has 0 heterocycles. The molecule has 0 saturated carbocycles. The highest BCUT2D eigenvalue weighted by atomic mass is 32.2. The van der Waals surface area contributed by atoms with Gasteiger partial charge in [0.2, 0.25) is 0 Å². The third-order valence-corrected chi connectivity index (χ3v) is 4.30. The van der Waals surface area contributed by atoms with Crippen molar-refractivity contribution in [2.45, 2.75) is 44.4 Å². The predicted molar refractivity (Wildman–Crippen MR) is 76.5 cm³/mol. The summed E-state index contributed by atoms with van der Waals surface area (Å²) in [6.07, 6.45) is 5.03. The van der Waals surface area contributed by atoms with E-state index in [-0.39, 0.29) is 23.3 Å². The molecule has 0 unspecified atom stereocenters. The summed E-state index contributed by atoms with van der Waals surface area (Å²) >= 11 is 0. The predicted octanol–water partition coefficient (Wildman–Crippen LogP) is 3.41. The normalized spacial score (nSPS) is 11.9. The summed E-state index contributed by atoms with van der Waals surface area (Å²) in [6, 6.07) is 2.48. The van der Waals surface area contributed by atoms with Gasteiger partial charge in [0.25, 0.3) is 10.1 Å². The summed E-state index contributed by atoms with van der Waals surface area (Å²) in [4.78, 5) is 0.0409. The van der Waals surface area contributed by atoms with E-state index in [1.54, 1.807) is 27.7 Å². The lowest BCUT2D eigenvalue weighted by Gasteiger charge is -2.19. The van der Waals surface area contributed by atoms with Crippen molar-refractivity contribution in [2.24, 2.45) is 0 Å². The molecule has 1 rings (SSSR count). The number of benzene rings is 1. The molecule has 110 valence electrons. The quantitative estimate of drug-likeness (QED) is 0.618. The molecule has 1 aromatic rings. The Kier molecular flexibility index (Phi) is 5.32. The van der Waals surface area contributed by atoms with Gasteiger partial charge in [-0.3, -0.25) is 4.18 Å². The first-order valence-corrected chi connectivity index (χ1v) is 7.77. The molecule has 0 fully saturated rings. The Morgan fingerprint density at radius 2 is 1.65 bits per heavy atom. The molecule has 0 aliphatic carbocycles. The van der Waals surface area contributed by atoms with Gasteiger partial charge in [0.05, 0.1) is 0 Å². The zero-order chi connectivity index (χ0) is 15.5. The van der Waals surface area contributed by atoms with E-state index in [4.69, 9.17) is 10.6 Å². The molecule has 3 nitrogen and oxygen atoms in total. The lowest BCUT2D eigenvalue weighted by Crippen LogP contribution is -2.14. The fourth-order valence-electron chi connectivity index (χ4n) is 1.95. The Morgan fingerprint density at radius 3 is 2.00 bits per heavy atom. The van der Waals surface area contributed by atoms with Crippen molar-refractivity contribution < 1.29 is 17.0 Å². The van der Waals surface area contributed by atoms with Crippen molar-refractivity contribution in [2.75, 3.05) is 6.61 Å². The minimum atomic E-state index is -4.00. The Bertz CT molecular complexity index is 596. The van der Waals surface area contributed by atoms with Gasteiger partial charge in [-0.05, 0) is 35.1 Å². The van der Waals surface area contributed by atoms with Crippen LogP contribution < -0.4 is 0 Å². The number of rotatable bonds is 5. The molecule has 0 radical (unpaired) electrons. The van der Waals surface area contributed by atoms with Crippen LogP contribution >= 0.6 is 0 Å². The summed E-state index contributed by atoms with van der Waals surface area (Å²) in [5.41, 5.74) is 0.816. The van der Waals surface area contributed by atoms with E-state index in [0.717, 1.165) is 0 Å². The number of terminal acetylenes is 1. The van der Waals surface area contributed by atoms with Crippen molar-refractivity contribution in [3.05, 3.63) is 29.1 Å². The molecule has 0 N–H and O–H groups in total. The summed E-state index contributed by atoms with van der Waals surface area (Å²) in [5, 5.41) is 0. The Morgan fingerprint density at radius 1 is 1.20 bits per heavy atom. The summed E-state index contributed by atoms with van der Waals surface area (Å²) in [6.45, 7) is 6.88. The highest BCUT2D eigenvalue weighted by Crippen LogP contribution is 2.33. The highest BCUT2D eigenvalue weighted by Gasteiger charge is 2.27. The first kappa shape index (κ1) is 16.7. The van der Waals surface area contributed by atoms with Gasteiger partial charge in [-0.15, -0.1) is 6.42 Å². The molecule has 0 atom stereocenters. The van der Waals surface area contributed by atoms with Gasteiger partial charge in [0.1, 0.15) is 17.3 Å². The summed E-state index contributed by atoms with van der Waals surface area (Å²) < 4.78 is 43.1. The van der Waals surface area contributed by atoms with Crippen LogP contribution in [0.5, 0.6) is 0 Å². The molecule has 5 heteroatoms. The zero-order valence-corrected chi connectivity index (χ0v) is 12.9. The Labute approximate surface area is 120 Å². The molecule has 20 heavy (non-hydrogen) atoms. The van der Waals surface area contributed by atoms with Gasteiger partial charge in [-0.2, -0.15) is 8.42 Å². The van der Waals surface area contributed by atoms with Crippen LogP contribution in [0.2, 0.25) is 0 Å². The van der Waals surface area contributed by atoms with E-state index >= 15 is 0 Å². The maximum atomic E-state index is 13.7. The molecule has 0 saturated heterocycles. The van der Waals surface area contributed by atoms with E-state index in [0.29, 0.717) is 11.1 Å². The van der Waals surface area contributed by atoms with E-state index in [1.807, 2.05) is 0 Å². The third kappa shape index (κ3) is 3.59. The maximum absolute atomic E-state index is 13.7. The van der Waals surface area contributed by atoms with Crippen LogP contribution in [-0.4, -0.2) is 15.0 Å². The lowest BCUT2D eigenvalue weighted by atomic mass is 9.95. The van der Waals surface area contributed by atoms with Crippen molar-refractivity contribution in [3.8, 4) is 12.3 Å². The van der Waals surface area contributed by atoms with Gasteiger partial charge < -0.3 is 0 Å². The number of hydrogen-bond donors (Lipinski definition) is 0. The van der Waals surface area contributed by atoms with Crippen molar-refractivity contribution in [1.82, 2.24) is 0 Å². The molecular formula is C15H19FO3S. The van der Waals surface area contributed by atoms with E-state index < -0.39 is 15.9 Å². The van der Waals surface area contributed by atoms with Crippen LogP contribution in [0.3, 0.4) is 0 Å². The summed E-state index contributed by atoms with van der Waals surface area (Å²) in [5.74, 6) is 1.38. The van der Waals surface area contributed by atoms with E-state index in [1.165, 1.54) is 12.1 Å². The van der Waals surface area contributed by atoms with Gasteiger partial charge in [0.15, 0.2) is 0 Å². The van der Waals surface area contributed by atoms with Crippen molar-refractivity contribution >= 4 is 10.1 Å². The molecule has 0 aliphatic rings. The van der Waals surface area contributed by atoms with Crippen LogP contribution in [0, 0.1) is 18.2 Å². The lowest BCUT2D eigenvalue weighted by molar-refractivity contribution is 0.361. The first-order chi connectivity index (χ1) is 9.20. The molecule has 0 spiro atoms. The van der Waals surface area contributed by atoms with Gasteiger partial charge in [0, 0.05) is 0 Å². The summed E-state index contributed by atoms with van der Waals surface area (Å²) in [7, 11) is -4.00. The van der Waals surface area contributed by atoms with E-state index in [9.17, 15) is 12.8 Å². The molecular weight excluding hydrogens is 279 g/mol. The smallest absolute Gasteiger partial charge is 0.253 e. The zero-order valence-electron chi connectivity index (χ0n) is 12.1. The third-order valence-electron chi connectivity index (χ3n) is 2.90. The number of halogens is 1. The first-order valence-electron chi connectivity index (χ1n) is 6.37. The van der Waals surface area contributed by atoms with Crippen LogP contribution in [0.25, 0.3) is 0 Å². The minimum Gasteiger partial charge on any atom is -0.253 e. The van der Waals surface area contributed by atoms with Crippen molar-refractivity contribution in [3.63, 3.8) is 0 Å². The molecule has 0 amide bonds. The highest BCUT2D eigenvalue weighted by molar-refractivity contribution is 7.86. The van der Waals surface area contributed by atoms with Crippen LogP contribution in [0.1, 0.15) is 50.7 Å². The fraction of sp³-hybridized carbons (Fsp3) is 0.467. The Hall–Kier alpha value is -1.38. The SMILES string of the molecule is C#CCOS(=O)(=O)c1c(C(C)C)cc(F)cc1C(C)C. The number of hydrogen-bond acceptors (Lipinski definition) is 3. The topological polar surface area (TPSA) is 43.4 Å². The van der Waals surface area contributed by atoms with E-state index in [2.05, 4.69) is 5.92 Å². The van der Waals surface area contributed by atoms with Crippen LogP contribution in [0.15, 0.2) is 17.0 Å². The largest absolute Gasteiger partial charge is 0.298 e. The monoisotopic (exact) mass is 298 g/mol.